The number of nitrogens with zero attached hydrogens (tertiary/aromatic N) is 1. The van der Waals surface area contributed by atoms with Gasteiger partial charge in [-0.05, 0) is 69.7 Å². The maximum Gasteiger partial charge on any atom is 0.407 e. The summed E-state index contributed by atoms with van der Waals surface area (Å²) in [4.78, 5) is 12.9. The van der Waals surface area contributed by atoms with Crippen molar-refractivity contribution in [2.24, 2.45) is 5.41 Å². The molecule has 1 fully saturated rings. The van der Waals surface area contributed by atoms with Crippen molar-refractivity contribution in [3.05, 3.63) is 60.2 Å². The largest absolute Gasteiger partial charge is 0.444 e. The number of rotatable bonds is 14. The second kappa shape index (κ2) is 14.4. The zero-order valence-corrected chi connectivity index (χ0v) is 27.4. The number of carbonyl (C=O) groups excluding carboxylic acids is 1. The molecular weight excluding hydrogens is 570 g/mol. The van der Waals surface area contributed by atoms with E-state index in [-0.39, 0.29) is 24.4 Å². The molecule has 2 atom stereocenters. The van der Waals surface area contributed by atoms with E-state index in [4.69, 9.17) is 14.2 Å². The van der Waals surface area contributed by atoms with E-state index in [0.717, 1.165) is 5.56 Å². The number of nitrogens with one attached hydrogen (secondary N) is 2. The van der Waals surface area contributed by atoms with Gasteiger partial charge in [0.05, 0.1) is 30.3 Å². The van der Waals surface area contributed by atoms with E-state index in [9.17, 15) is 18.3 Å². The van der Waals surface area contributed by atoms with Crippen molar-refractivity contribution in [2.75, 3.05) is 38.7 Å². The quantitative estimate of drug-likeness (QED) is 0.276. The molecule has 0 radical (unpaired) electrons. The lowest BCUT2D eigenvalue weighted by Crippen LogP contribution is -2.52. The van der Waals surface area contributed by atoms with Crippen LogP contribution in [0.3, 0.4) is 0 Å². The van der Waals surface area contributed by atoms with Gasteiger partial charge in [0.2, 0.25) is 10.0 Å². The van der Waals surface area contributed by atoms with Crippen LogP contribution in [-0.2, 0) is 30.7 Å². The van der Waals surface area contributed by atoms with Crippen molar-refractivity contribution in [3.8, 4) is 0 Å². The number of carbonyl (C=O) groups is 1. The Morgan fingerprint density at radius 2 is 1.72 bits per heavy atom. The number of hydrogen-bond donors (Lipinski definition) is 3. The molecule has 1 aliphatic rings. The second-order valence-corrected chi connectivity index (χ2v) is 15.0. The molecule has 240 valence electrons. The molecule has 2 aromatic rings. The number of anilines is 1. The number of alkyl carbamates (subject to hydrolysis) is 1. The van der Waals surface area contributed by atoms with Crippen molar-refractivity contribution in [2.45, 2.75) is 89.2 Å². The summed E-state index contributed by atoms with van der Waals surface area (Å²) in [7, 11) is -2.33. The lowest BCUT2D eigenvalue weighted by molar-refractivity contribution is -0.151. The van der Waals surface area contributed by atoms with Gasteiger partial charge in [-0.15, -0.1) is 0 Å². The lowest BCUT2D eigenvalue weighted by atomic mass is 9.86. The van der Waals surface area contributed by atoms with Crippen LogP contribution in [0.2, 0.25) is 0 Å². The first-order chi connectivity index (χ1) is 20.0. The van der Waals surface area contributed by atoms with Gasteiger partial charge in [-0.3, -0.25) is 0 Å². The molecule has 3 N–H and O–H groups in total. The molecule has 1 aliphatic heterocycles. The molecule has 0 saturated carbocycles. The van der Waals surface area contributed by atoms with Gasteiger partial charge in [-0.1, -0.05) is 50.2 Å². The normalized spacial score (nSPS) is 17.0. The van der Waals surface area contributed by atoms with Gasteiger partial charge >= 0.3 is 6.09 Å². The Bertz CT molecular complexity index is 1290. The summed E-state index contributed by atoms with van der Waals surface area (Å²) in [5.41, 5.74) is 0.286. The summed E-state index contributed by atoms with van der Waals surface area (Å²) >= 11 is 0. The molecule has 3 rings (SSSR count). The Morgan fingerprint density at radius 3 is 2.33 bits per heavy atom. The minimum absolute atomic E-state index is 0.108. The van der Waals surface area contributed by atoms with Crippen LogP contribution >= 0.6 is 0 Å². The Morgan fingerprint density at radius 1 is 1.07 bits per heavy atom. The maximum absolute atomic E-state index is 14.2. The molecule has 1 heterocycles. The molecular formula is C32H49N3O7S. The van der Waals surface area contributed by atoms with Gasteiger partial charge in [0.25, 0.3) is 0 Å². The van der Waals surface area contributed by atoms with Gasteiger partial charge in [0, 0.05) is 32.2 Å². The first-order valence-electron chi connectivity index (χ1n) is 14.8. The van der Waals surface area contributed by atoms with Crippen LogP contribution in [0.5, 0.6) is 0 Å². The molecule has 43 heavy (non-hydrogen) atoms. The van der Waals surface area contributed by atoms with Crippen LogP contribution in [0.25, 0.3) is 0 Å². The fraction of sp³-hybridized carbons (Fsp3) is 0.594. The van der Waals surface area contributed by atoms with Crippen LogP contribution < -0.4 is 10.6 Å². The van der Waals surface area contributed by atoms with E-state index < -0.39 is 45.1 Å². The smallest absolute Gasteiger partial charge is 0.407 e. The van der Waals surface area contributed by atoms with E-state index in [1.807, 2.05) is 51.1 Å². The third kappa shape index (κ3) is 10.8. The summed E-state index contributed by atoms with van der Waals surface area (Å²) in [5.74, 6) is -0.709. The van der Waals surface area contributed by atoms with Gasteiger partial charge in [-0.25, -0.2) is 13.2 Å². The summed E-state index contributed by atoms with van der Waals surface area (Å²) in [6.07, 6.45) is -0.451. The second-order valence-electron chi connectivity index (χ2n) is 13.1. The van der Waals surface area contributed by atoms with E-state index in [1.54, 1.807) is 52.1 Å². The number of benzene rings is 2. The van der Waals surface area contributed by atoms with Crippen LogP contribution in [0.4, 0.5) is 10.5 Å². The third-order valence-electron chi connectivity index (χ3n) is 7.37. The number of aliphatic hydroxyl groups is 1. The molecule has 1 saturated heterocycles. The highest BCUT2D eigenvalue weighted by Crippen LogP contribution is 2.33. The minimum Gasteiger partial charge on any atom is -0.444 e. The predicted octanol–water partition coefficient (Wildman–Crippen LogP) is 4.79. The molecule has 0 aliphatic carbocycles. The first kappa shape index (κ1) is 34.8. The molecule has 0 aromatic heterocycles. The Kier molecular flexibility index (Phi) is 11.6. The molecule has 1 unspecified atom stereocenters. The highest BCUT2D eigenvalue weighted by molar-refractivity contribution is 7.89. The topological polar surface area (TPSA) is 126 Å². The van der Waals surface area contributed by atoms with E-state index in [0.29, 0.717) is 31.7 Å². The predicted molar refractivity (Wildman–Crippen MR) is 167 cm³/mol. The van der Waals surface area contributed by atoms with Crippen molar-refractivity contribution in [1.82, 2.24) is 9.62 Å². The van der Waals surface area contributed by atoms with Gasteiger partial charge in [0.1, 0.15) is 5.60 Å². The highest BCUT2D eigenvalue weighted by atomic mass is 32.2. The van der Waals surface area contributed by atoms with Crippen molar-refractivity contribution >= 4 is 21.8 Å². The molecule has 0 spiro atoms. The summed E-state index contributed by atoms with van der Waals surface area (Å²) in [5, 5.41) is 17.4. The van der Waals surface area contributed by atoms with Crippen molar-refractivity contribution < 1.29 is 32.5 Å². The fourth-order valence-electron chi connectivity index (χ4n) is 4.98. The van der Waals surface area contributed by atoms with Crippen molar-refractivity contribution in [1.29, 1.82) is 0 Å². The zero-order chi connectivity index (χ0) is 31.9. The van der Waals surface area contributed by atoms with E-state index in [1.165, 1.54) is 4.31 Å². The maximum atomic E-state index is 14.2. The SMILES string of the molecule is CNc1cccc(S(=O)(=O)N(CC(O)[C@H](Cc2ccccc2)NC(=O)OC(C)(C)C)CC(C)(C)CCC2(C)OCCO2)c1. The molecule has 2 aromatic carbocycles. The summed E-state index contributed by atoms with van der Waals surface area (Å²) in [6, 6.07) is 15.2. The standard InChI is InChI=1S/C32H49N3O7S/c1-30(2,3)42-29(37)34-27(20-24-12-9-8-10-13-24)28(36)22-35(43(38,39)26-15-11-14-25(21-26)33-7)23-31(4,5)16-17-32(6)40-18-19-41-32/h8-15,21,27-28,33,36H,16-20,22-23H2,1-7H3,(H,34,37)/t27-,28?/m0/s1. The number of aliphatic hydroxyl groups excluding tert-OH is 1. The van der Waals surface area contributed by atoms with E-state index >= 15 is 0 Å². The summed E-state index contributed by atoms with van der Waals surface area (Å²) < 4.78 is 46.6. The number of hydrogen-bond acceptors (Lipinski definition) is 8. The van der Waals surface area contributed by atoms with Crippen molar-refractivity contribution in [3.63, 3.8) is 0 Å². The van der Waals surface area contributed by atoms with Gasteiger partial charge < -0.3 is 30.0 Å². The number of ether oxygens (including phenoxy) is 3. The fourth-order valence-corrected chi connectivity index (χ4v) is 6.67. The monoisotopic (exact) mass is 619 g/mol. The average Bonchev–Trinajstić information content (AvgIpc) is 3.37. The molecule has 0 bridgehead atoms. The number of sulfonamides is 1. The summed E-state index contributed by atoms with van der Waals surface area (Å²) in [6.45, 7) is 12.1. The Hall–Kier alpha value is -2.70. The van der Waals surface area contributed by atoms with Gasteiger partial charge in [-0.2, -0.15) is 4.31 Å². The molecule has 1 amide bonds. The minimum atomic E-state index is -4.05. The van der Waals surface area contributed by atoms with E-state index in [2.05, 4.69) is 10.6 Å². The molecule has 11 heteroatoms. The highest BCUT2D eigenvalue weighted by Gasteiger charge is 2.38. The Balaban J connectivity index is 1.91. The van der Waals surface area contributed by atoms with Crippen LogP contribution in [-0.4, -0.2) is 80.8 Å². The lowest BCUT2D eigenvalue weighted by Gasteiger charge is -2.36. The van der Waals surface area contributed by atoms with Crippen LogP contribution in [0.15, 0.2) is 59.5 Å². The van der Waals surface area contributed by atoms with Crippen LogP contribution in [0, 0.1) is 5.41 Å². The van der Waals surface area contributed by atoms with Gasteiger partial charge in [0.15, 0.2) is 5.79 Å². The third-order valence-corrected chi connectivity index (χ3v) is 9.18. The average molecular weight is 620 g/mol. The zero-order valence-electron chi connectivity index (χ0n) is 26.6. The Labute approximate surface area is 257 Å². The van der Waals surface area contributed by atoms with Crippen LogP contribution in [0.1, 0.15) is 59.9 Å². The molecule has 10 nitrogen and oxygen atoms in total. The number of amides is 1. The first-order valence-corrected chi connectivity index (χ1v) is 16.2.